The summed E-state index contributed by atoms with van der Waals surface area (Å²) < 4.78 is 0. The summed E-state index contributed by atoms with van der Waals surface area (Å²) in [5, 5.41) is 10.4. The van der Waals surface area contributed by atoms with E-state index in [4.69, 9.17) is 4.98 Å². The second-order valence-electron chi connectivity index (χ2n) is 11.4. The summed E-state index contributed by atoms with van der Waals surface area (Å²) in [7, 11) is 0. The smallest absolute Gasteiger partial charge is 0.227 e. The van der Waals surface area contributed by atoms with Gasteiger partial charge in [0.1, 0.15) is 0 Å². The Bertz CT molecular complexity index is 1450. The maximum Gasteiger partial charge on any atom is 0.227 e. The molecule has 0 fully saturated rings. The molecule has 1 aromatic heterocycles. The lowest BCUT2D eigenvalue weighted by Gasteiger charge is -2.18. The van der Waals surface area contributed by atoms with Crippen LogP contribution in [-0.2, 0) is 0 Å². The predicted octanol–water partition coefficient (Wildman–Crippen LogP) is 10.1. The van der Waals surface area contributed by atoms with Crippen molar-refractivity contribution in [3.05, 3.63) is 108 Å². The molecule has 1 heterocycles. The van der Waals surface area contributed by atoms with Crippen LogP contribution in [0.25, 0.3) is 17.0 Å². The highest BCUT2D eigenvalue weighted by Gasteiger charge is 2.12. The van der Waals surface area contributed by atoms with E-state index in [2.05, 4.69) is 98.2 Å². The van der Waals surface area contributed by atoms with E-state index in [1.807, 2.05) is 18.2 Å². The number of hydrogen-bond donors (Lipinski definition) is 3. The van der Waals surface area contributed by atoms with Gasteiger partial charge in [0.05, 0.1) is 5.69 Å². The summed E-state index contributed by atoms with van der Waals surface area (Å²) in [6.45, 7) is 18.2. The quantitative estimate of drug-likeness (QED) is 0.135. The first-order valence-corrected chi connectivity index (χ1v) is 15.4. The molecule has 220 valence electrons. The lowest BCUT2D eigenvalue weighted by atomic mass is 9.91. The topological polar surface area (TPSA) is 61.9 Å². The van der Waals surface area contributed by atoms with Crippen molar-refractivity contribution in [2.75, 3.05) is 17.2 Å². The van der Waals surface area contributed by atoms with E-state index in [-0.39, 0.29) is 0 Å². The van der Waals surface area contributed by atoms with E-state index in [0.29, 0.717) is 5.95 Å². The first-order valence-electron chi connectivity index (χ1n) is 15.4. The lowest BCUT2D eigenvalue weighted by molar-refractivity contribution is 0.650. The maximum absolute atomic E-state index is 4.84. The summed E-state index contributed by atoms with van der Waals surface area (Å²) in [6.07, 6.45) is 14.0. The van der Waals surface area contributed by atoms with Crippen LogP contribution in [0, 0.1) is 6.92 Å². The monoisotopic (exact) mass is 561 g/mol. The number of unbranched alkanes of at least 4 members (excludes halogenated alkanes) is 3. The molecule has 2 aromatic carbocycles. The van der Waals surface area contributed by atoms with Crippen LogP contribution in [0.5, 0.6) is 0 Å². The second kappa shape index (κ2) is 15.2. The molecule has 0 amide bonds. The molecule has 0 saturated carbocycles. The molecule has 0 bridgehead atoms. The fourth-order valence-electron chi connectivity index (χ4n) is 5.28. The average Bonchev–Trinajstić information content (AvgIpc) is 2.99. The Morgan fingerprint density at radius 2 is 1.74 bits per heavy atom. The van der Waals surface area contributed by atoms with Gasteiger partial charge in [-0.05, 0) is 99.4 Å². The SMILES string of the molecule is C=C(Nc1cccc(-c2ccnc(Nc3ccc(C(=C)NCCCCCC)cc3)n2)c1C)/C(C)=C/C1=C(C)CCCC1. The maximum atomic E-state index is 4.84. The Kier molecular flexibility index (Phi) is 11.2. The number of nitrogens with one attached hydrogen (secondary N) is 3. The Morgan fingerprint density at radius 1 is 0.952 bits per heavy atom. The highest BCUT2D eigenvalue weighted by Crippen LogP contribution is 2.31. The molecule has 0 spiro atoms. The van der Waals surface area contributed by atoms with Crippen molar-refractivity contribution in [3.8, 4) is 11.3 Å². The second-order valence-corrected chi connectivity index (χ2v) is 11.4. The summed E-state index contributed by atoms with van der Waals surface area (Å²) in [5.41, 5.74) is 12.1. The predicted molar refractivity (Wildman–Crippen MR) is 181 cm³/mol. The fourth-order valence-corrected chi connectivity index (χ4v) is 5.28. The first kappa shape index (κ1) is 30.8. The van der Waals surface area contributed by atoms with Crippen LogP contribution in [0.4, 0.5) is 17.3 Å². The van der Waals surface area contributed by atoms with Crippen molar-refractivity contribution in [1.29, 1.82) is 0 Å². The summed E-state index contributed by atoms with van der Waals surface area (Å²) >= 11 is 0. The van der Waals surface area contributed by atoms with E-state index in [0.717, 1.165) is 58.1 Å². The van der Waals surface area contributed by atoms with Crippen LogP contribution in [0.1, 0.15) is 83.3 Å². The largest absolute Gasteiger partial charge is 0.385 e. The third kappa shape index (κ3) is 8.45. The molecule has 1 aliphatic rings. The highest BCUT2D eigenvalue weighted by molar-refractivity contribution is 5.73. The van der Waals surface area contributed by atoms with Crippen LogP contribution in [0.2, 0.25) is 0 Å². The number of benzene rings is 2. The van der Waals surface area contributed by atoms with Gasteiger partial charge < -0.3 is 16.0 Å². The molecular weight excluding hydrogens is 514 g/mol. The van der Waals surface area contributed by atoms with Gasteiger partial charge in [0.15, 0.2) is 0 Å². The zero-order chi connectivity index (χ0) is 29.9. The molecule has 0 unspecified atom stereocenters. The molecular formula is C37H47N5. The zero-order valence-corrected chi connectivity index (χ0v) is 25.9. The van der Waals surface area contributed by atoms with Crippen LogP contribution in [0.3, 0.4) is 0 Å². The lowest BCUT2D eigenvalue weighted by Crippen LogP contribution is -2.12. The van der Waals surface area contributed by atoms with E-state index in [1.165, 1.54) is 61.7 Å². The summed E-state index contributed by atoms with van der Waals surface area (Å²) in [6, 6.07) is 16.4. The van der Waals surface area contributed by atoms with Gasteiger partial charge >= 0.3 is 0 Å². The van der Waals surface area contributed by atoms with Gasteiger partial charge in [-0.2, -0.15) is 0 Å². The fraction of sp³-hybridized carbons (Fsp3) is 0.351. The molecule has 0 aliphatic heterocycles. The van der Waals surface area contributed by atoms with Gasteiger partial charge in [0, 0.05) is 41.1 Å². The molecule has 4 rings (SSSR count). The van der Waals surface area contributed by atoms with Crippen LogP contribution >= 0.6 is 0 Å². The van der Waals surface area contributed by atoms with Gasteiger partial charge in [0.25, 0.3) is 0 Å². The molecule has 42 heavy (non-hydrogen) atoms. The Hall–Kier alpha value is -4.12. The summed E-state index contributed by atoms with van der Waals surface area (Å²) in [4.78, 5) is 9.32. The Balaban J connectivity index is 1.41. The standard InChI is InChI=1S/C37H47N5/c1-7-8-9-12-23-38-30(6)31-18-20-33(21-19-31)41-37-39-24-22-36(42-37)34-16-13-17-35(28(34)4)40-29(5)27(3)25-32-15-11-10-14-26(32)2/h13,16-22,24-25,38,40H,5-12,14-15,23H2,1-4H3,(H,39,41,42)/b27-25+. The highest BCUT2D eigenvalue weighted by atomic mass is 15.1. The van der Waals surface area contributed by atoms with Gasteiger partial charge in [-0.15, -0.1) is 0 Å². The molecule has 5 heteroatoms. The minimum atomic E-state index is 0.560. The number of anilines is 3. The molecule has 0 saturated heterocycles. The minimum absolute atomic E-state index is 0.560. The third-order valence-corrected chi connectivity index (χ3v) is 8.07. The van der Waals surface area contributed by atoms with Gasteiger partial charge in [-0.3, -0.25) is 0 Å². The van der Waals surface area contributed by atoms with Crippen molar-refractivity contribution < 1.29 is 0 Å². The molecule has 3 aromatic rings. The molecule has 0 radical (unpaired) electrons. The van der Waals surface area contributed by atoms with Crippen molar-refractivity contribution in [3.63, 3.8) is 0 Å². The number of nitrogens with zero attached hydrogens (tertiary/aromatic N) is 2. The molecule has 0 atom stereocenters. The average molecular weight is 562 g/mol. The van der Waals surface area contributed by atoms with E-state index >= 15 is 0 Å². The van der Waals surface area contributed by atoms with Crippen LogP contribution in [0.15, 0.2) is 96.4 Å². The molecule has 3 N–H and O–H groups in total. The normalized spacial score (nSPS) is 13.6. The number of allylic oxidation sites excluding steroid dienone is 4. The Labute approximate surface area is 253 Å². The Morgan fingerprint density at radius 3 is 2.50 bits per heavy atom. The van der Waals surface area contributed by atoms with Crippen LogP contribution < -0.4 is 16.0 Å². The minimum Gasteiger partial charge on any atom is -0.385 e. The van der Waals surface area contributed by atoms with Crippen molar-refractivity contribution in [2.45, 2.75) is 79.1 Å². The van der Waals surface area contributed by atoms with Gasteiger partial charge in [-0.1, -0.05) is 75.3 Å². The zero-order valence-electron chi connectivity index (χ0n) is 25.9. The van der Waals surface area contributed by atoms with Crippen molar-refractivity contribution >= 4 is 23.0 Å². The van der Waals surface area contributed by atoms with Crippen molar-refractivity contribution in [2.24, 2.45) is 0 Å². The van der Waals surface area contributed by atoms with Crippen LogP contribution in [-0.4, -0.2) is 16.5 Å². The summed E-state index contributed by atoms with van der Waals surface area (Å²) in [5.74, 6) is 0.560. The van der Waals surface area contributed by atoms with Gasteiger partial charge in [-0.25, -0.2) is 9.97 Å². The molecule has 5 nitrogen and oxygen atoms in total. The van der Waals surface area contributed by atoms with E-state index in [1.54, 1.807) is 6.20 Å². The number of hydrogen-bond acceptors (Lipinski definition) is 5. The third-order valence-electron chi connectivity index (χ3n) is 8.07. The molecule has 1 aliphatic carbocycles. The first-order chi connectivity index (χ1) is 20.4. The van der Waals surface area contributed by atoms with Crippen molar-refractivity contribution in [1.82, 2.24) is 15.3 Å². The number of aromatic nitrogens is 2. The van der Waals surface area contributed by atoms with E-state index in [9.17, 15) is 0 Å². The van der Waals surface area contributed by atoms with Gasteiger partial charge in [0.2, 0.25) is 5.95 Å². The number of rotatable bonds is 14. The van der Waals surface area contributed by atoms with E-state index < -0.39 is 0 Å².